The molecule has 4 heteroatoms. The highest BCUT2D eigenvalue weighted by atomic mass is 35.5. The molecule has 3 nitrogen and oxygen atoms in total. The predicted molar refractivity (Wildman–Crippen MR) is 45.3 cm³/mol. The first-order valence-corrected chi connectivity index (χ1v) is 3.23. The lowest BCUT2D eigenvalue weighted by Gasteiger charge is -2.10. The molecule has 0 radical (unpaired) electrons. The zero-order valence-electron chi connectivity index (χ0n) is 6.12. The lowest BCUT2D eigenvalue weighted by Crippen LogP contribution is -2.34. The normalized spacial score (nSPS) is 22.7. The summed E-state index contributed by atoms with van der Waals surface area (Å²) in [6.07, 6.45) is 5.77. The highest BCUT2D eigenvalue weighted by molar-refractivity contribution is 5.85. The Hall–Kier alpha value is -0.720. The fourth-order valence-electron chi connectivity index (χ4n) is 1.03. The third-order valence-electron chi connectivity index (χ3n) is 1.62. The highest BCUT2D eigenvalue weighted by Gasteiger charge is 2.27. The van der Waals surface area contributed by atoms with Gasteiger partial charge in [-0.3, -0.25) is 4.79 Å². The molecule has 1 amide bonds. The maximum Gasteiger partial charge on any atom is 0.240 e. The first kappa shape index (κ1) is 10.3. The molecule has 1 rings (SSSR count). The number of carbonyl (C=O) groups excluding carboxylic acids is 1. The minimum Gasteiger partial charge on any atom is -0.330 e. The maximum absolute atomic E-state index is 11.0. The van der Waals surface area contributed by atoms with E-state index in [1.807, 2.05) is 0 Å². The van der Waals surface area contributed by atoms with E-state index < -0.39 is 0 Å². The summed E-state index contributed by atoms with van der Waals surface area (Å²) in [6, 6.07) is -0.312. The lowest BCUT2D eigenvalue weighted by molar-refractivity contribution is -0.128. The number of terminal acetylenes is 1. The van der Waals surface area contributed by atoms with Crippen molar-refractivity contribution in [2.45, 2.75) is 12.5 Å². The number of nitrogens with zero attached hydrogens (tertiary/aromatic N) is 1. The van der Waals surface area contributed by atoms with Gasteiger partial charge in [-0.1, -0.05) is 5.92 Å². The van der Waals surface area contributed by atoms with Gasteiger partial charge in [0.25, 0.3) is 0 Å². The quantitative estimate of drug-likeness (QED) is 0.550. The van der Waals surface area contributed by atoms with Crippen LogP contribution in [0.3, 0.4) is 0 Å². The number of hydrogen-bond acceptors (Lipinski definition) is 2. The molecule has 0 bridgehead atoms. The van der Waals surface area contributed by atoms with Crippen LogP contribution in [-0.4, -0.2) is 29.9 Å². The number of likely N-dealkylation sites (tertiary alicyclic amines) is 1. The topological polar surface area (TPSA) is 46.3 Å². The maximum atomic E-state index is 11.0. The fourth-order valence-corrected chi connectivity index (χ4v) is 1.03. The van der Waals surface area contributed by atoms with Crippen molar-refractivity contribution in [3.8, 4) is 12.3 Å². The number of carbonyl (C=O) groups is 1. The van der Waals surface area contributed by atoms with E-state index in [4.69, 9.17) is 12.2 Å². The van der Waals surface area contributed by atoms with Crippen LogP contribution in [0.25, 0.3) is 0 Å². The molecular formula is C7H11ClN2O. The van der Waals surface area contributed by atoms with Gasteiger partial charge in [0.05, 0.1) is 12.6 Å². The number of halogens is 1. The summed E-state index contributed by atoms with van der Waals surface area (Å²) in [4.78, 5) is 12.6. The van der Waals surface area contributed by atoms with Crippen LogP contribution >= 0.6 is 12.4 Å². The molecule has 2 N–H and O–H groups in total. The number of hydrogen-bond donors (Lipinski definition) is 1. The van der Waals surface area contributed by atoms with Gasteiger partial charge in [-0.15, -0.1) is 18.8 Å². The second-order valence-electron chi connectivity index (χ2n) is 2.36. The summed E-state index contributed by atoms with van der Waals surface area (Å²) < 4.78 is 0. The van der Waals surface area contributed by atoms with Gasteiger partial charge in [0.2, 0.25) is 5.91 Å². The summed E-state index contributed by atoms with van der Waals surface area (Å²) in [5, 5.41) is 0. The summed E-state index contributed by atoms with van der Waals surface area (Å²) in [6.45, 7) is 1.11. The van der Waals surface area contributed by atoms with Crippen LogP contribution in [0.2, 0.25) is 0 Å². The molecule has 1 fully saturated rings. The smallest absolute Gasteiger partial charge is 0.240 e. The van der Waals surface area contributed by atoms with Gasteiger partial charge in [-0.05, 0) is 6.42 Å². The van der Waals surface area contributed by atoms with E-state index >= 15 is 0 Å². The van der Waals surface area contributed by atoms with Crippen molar-refractivity contribution in [1.82, 2.24) is 4.90 Å². The second kappa shape index (κ2) is 4.22. The van der Waals surface area contributed by atoms with E-state index in [-0.39, 0.29) is 24.4 Å². The average Bonchev–Trinajstić information content (AvgIpc) is 2.20. The molecule has 0 aromatic heterocycles. The summed E-state index contributed by atoms with van der Waals surface area (Å²) in [7, 11) is 0. The van der Waals surface area contributed by atoms with E-state index in [0.717, 1.165) is 6.42 Å². The first-order chi connectivity index (χ1) is 4.75. The Bertz CT molecular complexity index is 187. The Kier molecular flexibility index (Phi) is 3.94. The minimum atomic E-state index is -0.312. The van der Waals surface area contributed by atoms with E-state index in [0.29, 0.717) is 13.1 Å². The van der Waals surface area contributed by atoms with Gasteiger partial charge in [-0.25, -0.2) is 0 Å². The molecule has 1 saturated heterocycles. The van der Waals surface area contributed by atoms with Crippen LogP contribution in [0.4, 0.5) is 0 Å². The molecule has 11 heavy (non-hydrogen) atoms. The van der Waals surface area contributed by atoms with Gasteiger partial charge >= 0.3 is 0 Å². The second-order valence-corrected chi connectivity index (χ2v) is 2.36. The Balaban J connectivity index is 0.000001000. The van der Waals surface area contributed by atoms with Crippen LogP contribution < -0.4 is 5.73 Å². The third-order valence-corrected chi connectivity index (χ3v) is 1.62. The van der Waals surface area contributed by atoms with Crippen molar-refractivity contribution in [3.05, 3.63) is 0 Å². The Morgan fingerprint density at radius 1 is 1.82 bits per heavy atom. The van der Waals surface area contributed by atoms with E-state index in [9.17, 15) is 4.79 Å². The molecule has 1 atom stereocenters. The van der Waals surface area contributed by atoms with Crippen LogP contribution in [0.1, 0.15) is 6.42 Å². The molecule has 1 aliphatic rings. The van der Waals surface area contributed by atoms with Crippen LogP contribution in [0.5, 0.6) is 0 Å². The zero-order chi connectivity index (χ0) is 7.56. The van der Waals surface area contributed by atoms with Gasteiger partial charge in [-0.2, -0.15) is 0 Å². The molecule has 62 valence electrons. The molecule has 1 aliphatic heterocycles. The first-order valence-electron chi connectivity index (χ1n) is 3.23. The fraction of sp³-hybridized carbons (Fsp3) is 0.571. The molecule has 0 saturated carbocycles. The van der Waals surface area contributed by atoms with Crippen molar-refractivity contribution in [1.29, 1.82) is 0 Å². The van der Waals surface area contributed by atoms with Gasteiger partial charge in [0.15, 0.2) is 0 Å². The summed E-state index contributed by atoms with van der Waals surface area (Å²) in [5.74, 6) is 2.39. The third kappa shape index (κ3) is 2.11. The van der Waals surface area contributed by atoms with Crippen molar-refractivity contribution in [2.24, 2.45) is 5.73 Å². The summed E-state index contributed by atoms with van der Waals surface area (Å²) in [5.41, 5.74) is 5.44. The van der Waals surface area contributed by atoms with E-state index in [1.54, 1.807) is 4.90 Å². The average molecular weight is 175 g/mol. The van der Waals surface area contributed by atoms with Crippen LogP contribution in [-0.2, 0) is 4.79 Å². The number of nitrogens with two attached hydrogens (primary N) is 1. The monoisotopic (exact) mass is 174 g/mol. The molecule has 0 aliphatic carbocycles. The SMILES string of the molecule is C#CCN1CCC(N)C1=O.Cl. The van der Waals surface area contributed by atoms with Gasteiger partial charge < -0.3 is 10.6 Å². The van der Waals surface area contributed by atoms with Crippen molar-refractivity contribution in [2.75, 3.05) is 13.1 Å². The minimum absolute atomic E-state index is 0. The molecule has 0 aromatic carbocycles. The Morgan fingerprint density at radius 3 is 2.82 bits per heavy atom. The Labute approximate surface area is 72.3 Å². The van der Waals surface area contributed by atoms with Gasteiger partial charge in [0.1, 0.15) is 0 Å². The highest BCUT2D eigenvalue weighted by Crippen LogP contribution is 2.07. The molecular weight excluding hydrogens is 164 g/mol. The van der Waals surface area contributed by atoms with Gasteiger partial charge in [0, 0.05) is 6.54 Å². The van der Waals surface area contributed by atoms with Crippen molar-refractivity contribution < 1.29 is 4.79 Å². The molecule has 0 aromatic rings. The molecule has 1 heterocycles. The molecule has 1 unspecified atom stereocenters. The van der Waals surface area contributed by atoms with Crippen LogP contribution in [0.15, 0.2) is 0 Å². The molecule has 0 spiro atoms. The van der Waals surface area contributed by atoms with Crippen molar-refractivity contribution >= 4 is 18.3 Å². The standard InChI is InChI=1S/C7H10N2O.ClH/c1-2-4-9-5-3-6(8)7(9)10;/h1,6H,3-5,8H2;1H. The Morgan fingerprint density at radius 2 is 2.45 bits per heavy atom. The van der Waals surface area contributed by atoms with E-state index in [1.165, 1.54) is 0 Å². The largest absolute Gasteiger partial charge is 0.330 e. The lowest BCUT2D eigenvalue weighted by atomic mass is 10.3. The van der Waals surface area contributed by atoms with Crippen molar-refractivity contribution in [3.63, 3.8) is 0 Å². The predicted octanol–water partition coefficient (Wildman–Crippen LogP) is -0.399. The van der Waals surface area contributed by atoms with E-state index in [2.05, 4.69) is 5.92 Å². The number of amides is 1. The summed E-state index contributed by atoms with van der Waals surface area (Å²) >= 11 is 0. The number of rotatable bonds is 1. The zero-order valence-corrected chi connectivity index (χ0v) is 6.93. The van der Waals surface area contributed by atoms with Crippen LogP contribution in [0, 0.1) is 12.3 Å².